The number of ether oxygens (including phenoxy) is 8. The van der Waals surface area contributed by atoms with Gasteiger partial charge in [-0.05, 0) is 61.1 Å². The molecule has 26 heteroatoms. The molecule has 4 rings (SSSR count). The normalized spacial score (nSPS) is 11.4. The van der Waals surface area contributed by atoms with Crippen molar-refractivity contribution >= 4 is 28.5 Å². The van der Waals surface area contributed by atoms with Crippen molar-refractivity contribution in [3.63, 3.8) is 0 Å². The highest BCUT2D eigenvalue weighted by molar-refractivity contribution is 7.92. The van der Waals surface area contributed by atoms with Gasteiger partial charge < -0.3 is 47.6 Å². The summed E-state index contributed by atoms with van der Waals surface area (Å²) >= 11 is 0. The van der Waals surface area contributed by atoms with E-state index in [2.05, 4.69) is 34.3 Å². The molecule has 25 nitrogen and oxygen atoms in total. The van der Waals surface area contributed by atoms with Crippen molar-refractivity contribution in [3.05, 3.63) is 92.8 Å². The molecule has 0 spiro atoms. The SMILES string of the molecule is COCCOc1nc(-c2ncccn2)nc(N(C(C)OC(=O)OCCOCCO[N+](=O)[O-])S(=O)(=O)c2ccc(C(C)(C)C)cc2)c1Oc1ccccc1OC.O=COCCCCO[N+](=O)[O-]. The van der Waals surface area contributed by atoms with E-state index in [0.717, 1.165) is 9.87 Å². The molecular weight excluding hydrogens is 899 g/mol. The molecule has 0 bridgehead atoms. The number of benzene rings is 2. The molecule has 0 aliphatic heterocycles. The zero-order valence-electron chi connectivity index (χ0n) is 37.0. The molecule has 360 valence electrons. The van der Waals surface area contributed by atoms with Gasteiger partial charge in [0.25, 0.3) is 32.5 Å². The van der Waals surface area contributed by atoms with E-state index < -0.39 is 38.4 Å². The standard InChI is InChI=1S/C35H42N6O13S.C5H9NO5/c1-24(53-34(42)51-22-19-49-20-23-52-41(43)44)40(55(45,46)26-14-12-25(13-15-26)35(2,3)4)32-29(54-28-11-8-7-10-27(28)48-6)33(50-21-18-47-5)39-31(38-32)30-36-16-9-17-37-30;7-5-10-3-1-2-4-11-6(8)9/h7-17,24H,18-23H2,1-6H3;5H,1-4H2. The number of hydrogen-bond donors (Lipinski definition) is 0. The van der Waals surface area contributed by atoms with Gasteiger partial charge in [-0.3, -0.25) is 4.79 Å². The van der Waals surface area contributed by atoms with Crippen molar-refractivity contribution in [2.75, 3.05) is 71.4 Å². The number of sulfonamides is 1. The average Bonchev–Trinajstić information content (AvgIpc) is 3.28. The number of para-hydroxylation sites is 2. The van der Waals surface area contributed by atoms with E-state index in [-0.39, 0.29) is 97.9 Å². The van der Waals surface area contributed by atoms with Gasteiger partial charge in [0.1, 0.15) is 19.8 Å². The minimum Gasteiger partial charge on any atom is -0.493 e. The molecule has 2 heterocycles. The molecule has 1 unspecified atom stereocenters. The number of nitrogens with zero attached hydrogens (tertiary/aromatic N) is 7. The van der Waals surface area contributed by atoms with Crippen LogP contribution >= 0.6 is 0 Å². The van der Waals surface area contributed by atoms with Crippen LogP contribution in [0.1, 0.15) is 46.1 Å². The number of carbonyl (C=O) groups is 2. The fraction of sp³-hybridized carbons (Fsp3) is 0.450. The Balaban J connectivity index is 0.000000927. The van der Waals surface area contributed by atoms with Gasteiger partial charge in [-0.25, -0.2) is 32.5 Å². The fourth-order valence-electron chi connectivity index (χ4n) is 5.18. The lowest BCUT2D eigenvalue weighted by Crippen LogP contribution is -2.42. The fourth-order valence-corrected chi connectivity index (χ4v) is 6.67. The predicted molar refractivity (Wildman–Crippen MR) is 228 cm³/mol. The highest BCUT2D eigenvalue weighted by atomic mass is 32.2. The van der Waals surface area contributed by atoms with Crippen LogP contribution in [0, 0.1) is 20.2 Å². The van der Waals surface area contributed by atoms with Crippen LogP contribution in [0.3, 0.4) is 0 Å². The van der Waals surface area contributed by atoms with Crippen molar-refractivity contribution < 1.29 is 75.8 Å². The van der Waals surface area contributed by atoms with Crippen molar-refractivity contribution in [2.45, 2.75) is 57.1 Å². The van der Waals surface area contributed by atoms with E-state index >= 15 is 0 Å². The van der Waals surface area contributed by atoms with Gasteiger partial charge in [0.2, 0.25) is 11.6 Å². The van der Waals surface area contributed by atoms with Crippen LogP contribution in [0.5, 0.6) is 23.1 Å². The van der Waals surface area contributed by atoms with Crippen molar-refractivity contribution in [1.29, 1.82) is 0 Å². The molecule has 4 aromatic rings. The Labute approximate surface area is 379 Å². The molecule has 0 aliphatic rings. The van der Waals surface area contributed by atoms with E-state index in [0.29, 0.717) is 19.3 Å². The van der Waals surface area contributed by atoms with E-state index in [1.807, 2.05) is 20.8 Å². The van der Waals surface area contributed by atoms with Crippen LogP contribution in [0.25, 0.3) is 11.6 Å². The summed E-state index contributed by atoms with van der Waals surface area (Å²) in [6, 6.07) is 14.3. The molecule has 0 radical (unpaired) electrons. The van der Waals surface area contributed by atoms with Gasteiger partial charge in [0.15, 0.2) is 29.4 Å². The zero-order valence-corrected chi connectivity index (χ0v) is 37.8. The summed E-state index contributed by atoms with van der Waals surface area (Å²) in [5.41, 5.74) is 0.560. The lowest BCUT2D eigenvalue weighted by molar-refractivity contribution is -0.758. The molecule has 1 atom stereocenters. The zero-order chi connectivity index (χ0) is 48.5. The highest BCUT2D eigenvalue weighted by Gasteiger charge is 2.38. The number of unbranched alkanes of at least 4 members (excludes halogenated alkanes) is 1. The molecule has 2 aromatic carbocycles. The number of carbonyl (C=O) groups excluding carboxylic acids is 2. The van der Waals surface area contributed by atoms with Crippen LogP contribution < -0.4 is 18.5 Å². The summed E-state index contributed by atoms with van der Waals surface area (Å²) in [6.45, 7) is 6.98. The molecule has 66 heavy (non-hydrogen) atoms. The Morgan fingerprint density at radius 1 is 0.803 bits per heavy atom. The van der Waals surface area contributed by atoms with E-state index in [4.69, 9.17) is 33.2 Å². The predicted octanol–water partition coefficient (Wildman–Crippen LogP) is 5.12. The third-order valence-corrected chi connectivity index (χ3v) is 10.1. The first kappa shape index (κ1) is 53.2. The topological polar surface area (TPSA) is 302 Å². The Morgan fingerprint density at radius 2 is 1.44 bits per heavy atom. The number of aromatic nitrogens is 4. The number of methoxy groups -OCH3 is 2. The summed E-state index contributed by atoms with van der Waals surface area (Å²) in [5, 5.41) is 18.1. The molecule has 0 amide bonds. The van der Waals surface area contributed by atoms with Crippen LogP contribution in [0.2, 0.25) is 0 Å². The van der Waals surface area contributed by atoms with Crippen LogP contribution in [-0.4, -0.2) is 124 Å². The molecular formula is C40H51N7O18S. The first-order valence-corrected chi connectivity index (χ1v) is 21.2. The minimum atomic E-state index is -4.69. The number of anilines is 1. The second kappa shape index (κ2) is 27.2. The average molecular weight is 950 g/mol. The van der Waals surface area contributed by atoms with Gasteiger partial charge in [-0.15, -0.1) is 20.2 Å². The summed E-state index contributed by atoms with van der Waals surface area (Å²) in [6.07, 6.45) is 1.04. The Bertz CT molecular complexity index is 2250. The van der Waals surface area contributed by atoms with Crippen LogP contribution in [-0.2, 0) is 53.6 Å². The van der Waals surface area contributed by atoms with E-state index in [1.54, 1.807) is 42.5 Å². The Hall–Kier alpha value is -7.19. The third-order valence-electron chi connectivity index (χ3n) is 8.27. The summed E-state index contributed by atoms with van der Waals surface area (Å²) in [7, 11) is -1.79. The van der Waals surface area contributed by atoms with Gasteiger partial charge in [0.05, 0.1) is 45.0 Å². The molecule has 0 fully saturated rings. The van der Waals surface area contributed by atoms with Crippen molar-refractivity contribution in [2.24, 2.45) is 0 Å². The van der Waals surface area contributed by atoms with E-state index in [1.165, 1.54) is 45.7 Å². The quantitative estimate of drug-likeness (QED) is 0.0187. The summed E-state index contributed by atoms with van der Waals surface area (Å²) < 4.78 is 73.6. The summed E-state index contributed by atoms with van der Waals surface area (Å²) in [5.74, 6) is -0.696. The molecule has 2 aromatic heterocycles. The Morgan fingerprint density at radius 3 is 2.06 bits per heavy atom. The van der Waals surface area contributed by atoms with Gasteiger partial charge in [-0.1, -0.05) is 45.0 Å². The largest absolute Gasteiger partial charge is 0.510 e. The summed E-state index contributed by atoms with van der Waals surface area (Å²) in [4.78, 5) is 68.1. The highest BCUT2D eigenvalue weighted by Crippen LogP contribution is 2.44. The molecule has 0 saturated carbocycles. The number of rotatable bonds is 27. The van der Waals surface area contributed by atoms with Gasteiger partial charge in [-0.2, -0.15) is 4.98 Å². The molecule has 0 saturated heterocycles. The molecule has 0 aliphatic carbocycles. The van der Waals surface area contributed by atoms with Crippen molar-refractivity contribution in [3.8, 4) is 34.8 Å². The smallest absolute Gasteiger partial charge is 0.493 e. The first-order valence-electron chi connectivity index (χ1n) is 19.8. The minimum absolute atomic E-state index is 0.00709. The maximum Gasteiger partial charge on any atom is 0.510 e. The molecule has 0 N–H and O–H groups in total. The number of hydrogen-bond acceptors (Lipinski definition) is 22. The first-order chi connectivity index (χ1) is 31.5. The maximum atomic E-state index is 14.9. The van der Waals surface area contributed by atoms with Crippen LogP contribution in [0.4, 0.5) is 10.6 Å². The second-order valence-corrected chi connectivity index (χ2v) is 15.8. The van der Waals surface area contributed by atoms with Crippen molar-refractivity contribution in [1.82, 2.24) is 19.9 Å². The monoisotopic (exact) mass is 949 g/mol. The van der Waals surface area contributed by atoms with Gasteiger partial charge >= 0.3 is 6.16 Å². The Kier molecular flexibility index (Phi) is 21.9. The maximum absolute atomic E-state index is 14.9. The second-order valence-electron chi connectivity index (χ2n) is 14.0. The third kappa shape index (κ3) is 17.4. The lowest BCUT2D eigenvalue weighted by Gasteiger charge is -2.30. The van der Waals surface area contributed by atoms with Crippen LogP contribution in [0.15, 0.2) is 71.9 Å². The van der Waals surface area contributed by atoms with Gasteiger partial charge in [0, 0.05) is 19.5 Å². The van der Waals surface area contributed by atoms with E-state index in [9.17, 15) is 38.2 Å². The lowest BCUT2D eigenvalue weighted by atomic mass is 9.87.